The van der Waals surface area contributed by atoms with Gasteiger partial charge in [-0.05, 0) is 12.5 Å². The maximum absolute atomic E-state index is 11.3. The fraction of sp³-hybridized carbons (Fsp3) is 0.562. The molecule has 4 heteroatoms. The fourth-order valence-corrected chi connectivity index (χ4v) is 5.58. The van der Waals surface area contributed by atoms with Crippen LogP contribution in [0.25, 0.3) is 0 Å². The second-order valence-electron chi connectivity index (χ2n) is 6.05. The molecule has 1 fully saturated rings. The van der Waals surface area contributed by atoms with Crippen LogP contribution >= 0.6 is 0 Å². The maximum Gasteiger partial charge on any atom is 0.310 e. The highest BCUT2D eigenvalue weighted by Crippen LogP contribution is 2.31. The summed E-state index contributed by atoms with van der Waals surface area (Å²) in [6.45, 7) is 5.25. The summed E-state index contributed by atoms with van der Waals surface area (Å²) in [6.07, 6.45) is 1.40. The van der Waals surface area contributed by atoms with Crippen LogP contribution in [-0.2, 0) is 20.9 Å². The van der Waals surface area contributed by atoms with Crippen LogP contribution in [0.5, 0.6) is 0 Å². The monoisotopic (exact) mass is 292 g/mol. The van der Waals surface area contributed by atoms with Crippen LogP contribution in [-0.4, -0.2) is 27.8 Å². The highest BCUT2D eigenvalue weighted by molar-refractivity contribution is 6.92. The highest BCUT2D eigenvalue weighted by atomic mass is 28.3. The summed E-state index contributed by atoms with van der Waals surface area (Å²) in [5.41, 5.74) is 1.17. The Bertz CT molecular complexity index is 451. The average molecular weight is 292 g/mol. The maximum atomic E-state index is 11.3. The van der Waals surface area contributed by atoms with Crippen molar-refractivity contribution in [2.45, 2.75) is 38.6 Å². The van der Waals surface area contributed by atoms with Gasteiger partial charge in [0.1, 0.15) is 0 Å². The van der Waals surface area contributed by atoms with Gasteiger partial charge in [-0.15, -0.1) is 0 Å². The number of carbonyl (C=O) groups excluding carboxylic acids is 1. The fourth-order valence-electron chi connectivity index (χ4n) is 2.62. The van der Waals surface area contributed by atoms with Crippen molar-refractivity contribution < 1.29 is 14.3 Å². The molecule has 3 nitrogen and oxygen atoms in total. The molecule has 0 aromatic heterocycles. The van der Waals surface area contributed by atoms with E-state index in [1.807, 2.05) is 6.92 Å². The first kappa shape index (κ1) is 15.3. The van der Waals surface area contributed by atoms with Crippen LogP contribution in [0.15, 0.2) is 24.3 Å². The Morgan fingerprint density at radius 2 is 1.95 bits per heavy atom. The van der Waals surface area contributed by atoms with Crippen LogP contribution in [0.4, 0.5) is 0 Å². The summed E-state index contributed by atoms with van der Waals surface area (Å²) < 4.78 is 10.3. The van der Waals surface area contributed by atoms with Gasteiger partial charge in [-0.3, -0.25) is 4.79 Å². The predicted octanol–water partition coefficient (Wildman–Crippen LogP) is 2.70. The molecule has 2 rings (SSSR count). The number of hydrogen-bond donors (Lipinski definition) is 0. The second kappa shape index (κ2) is 6.55. The van der Waals surface area contributed by atoms with Gasteiger partial charge in [-0.2, -0.15) is 0 Å². The molecule has 0 aliphatic carbocycles. The zero-order chi connectivity index (χ0) is 14.6. The third-order valence-electron chi connectivity index (χ3n) is 4.35. The van der Waals surface area contributed by atoms with Gasteiger partial charge in [0.25, 0.3) is 0 Å². The lowest BCUT2D eigenvalue weighted by molar-refractivity contribution is -0.147. The molecular formula is C16H24O3Si. The van der Waals surface area contributed by atoms with Crippen molar-refractivity contribution >= 4 is 19.2 Å². The highest BCUT2D eigenvalue weighted by Gasteiger charge is 2.35. The number of ether oxygens (including phenoxy) is 2. The lowest BCUT2D eigenvalue weighted by atomic mass is 10.2. The summed E-state index contributed by atoms with van der Waals surface area (Å²) in [4.78, 5) is 11.3. The SMILES string of the molecule is COC(=O)[C@@H](C)COCc1ccc([Si]2(C)CCC2)cc1. The molecule has 1 atom stereocenters. The molecule has 20 heavy (non-hydrogen) atoms. The van der Waals surface area contributed by atoms with Crippen LogP contribution in [0, 0.1) is 5.92 Å². The minimum atomic E-state index is -1.07. The van der Waals surface area contributed by atoms with E-state index in [1.54, 1.807) is 5.19 Å². The summed E-state index contributed by atoms with van der Waals surface area (Å²) in [5, 5.41) is 1.57. The van der Waals surface area contributed by atoms with E-state index in [9.17, 15) is 4.79 Å². The van der Waals surface area contributed by atoms with Crippen molar-refractivity contribution in [3.63, 3.8) is 0 Å². The second-order valence-corrected chi connectivity index (χ2v) is 10.7. The van der Waals surface area contributed by atoms with Crippen LogP contribution in [0.1, 0.15) is 18.9 Å². The zero-order valence-electron chi connectivity index (χ0n) is 12.6. The molecule has 1 aromatic carbocycles. The van der Waals surface area contributed by atoms with Crippen molar-refractivity contribution in [3.8, 4) is 0 Å². The number of benzene rings is 1. The molecule has 0 saturated carbocycles. The van der Waals surface area contributed by atoms with E-state index in [1.165, 1.54) is 31.2 Å². The van der Waals surface area contributed by atoms with Crippen molar-refractivity contribution in [3.05, 3.63) is 29.8 Å². The lowest BCUT2D eigenvalue weighted by Gasteiger charge is -2.36. The predicted molar refractivity (Wildman–Crippen MR) is 82.8 cm³/mol. The van der Waals surface area contributed by atoms with Crippen LogP contribution in [0.3, 0.4) is 0 Å². The number of methoxy groups -OCH3 is 1. The summed E-state index contributed by atoms with van der Waals surface area (Å²) in [7, 11) is 0.338. The van der Waals surface area contributed by atoms with E-state index in [0.29, 0.717) is 13.2 Å². The van der Waals surface area contributed by atoms with E-state index in [4.69, 9.17) is 4.74 Å². The molecular weight excluding hydrogens is 268 g/mol. The first-order chi connectivity index (χ1) is 9.55. The van der Waals surface area contributed by atoms with Gasteiger partial charge >= 0.3 is 5.97 Å². The Morgan fingerprint density at radius 1 is 1.30 bits per heavy atom. The third kappa shape index (κ3) is 3.49. The van der Waals surface area contributed by atoms with Gasteiger partial charge < -0.3 is 9.47 Å². The van der Waals surface area contributed by atoms with Crippen molar-refractivity contribution in [2.24, 2.45) is 5.92 Å². The normalized spacial score (nSPS) is 18.1. The lowest BCUT2D eigenvalue weighted by Crippen LogP contribution is -2.50. The van der Waals surface area contributed by atoms with E-state index in [0.717, 1.165) is 0 Å². The van der Waals surface area contributed by atoms with Gasteiger partial charge in [0.15, 0.2) is 0 Å². The van der Waals surface area contributed by atoms with E-state index < -0.39 is 8.07 Å². The first-order valence-electron chi connectivity index (χ1n) is 7.30. The Balaban J connectivity index is 1.81. The standard InChI is InChI=1S/C16H24O3Si/c1-13(16(17)18-2)11-19-12-14-5-7-15(8-6-14)20(3)9-4-10-20/h5-8,13H,4,9-12H2,1-3H3/t13-/m0/s1. The molecule has 1 aromatic rings. The first-order valence-corrected chi connectivity index (χ1v) is 10.2. The molecule has 0 unspecified atom stereocenters. The van der Waals surface area contributed by atoms with Gasteiger partial charge in [0, 0.05) is 0 Å². The van der Waals surface area contributed by atoms with Gasteiger partial charge in [0.05, 0.1) is 34.3 Å². The molecule has 0 amide bonds. The van der Waals surface area contributed by atoms with Crippen molar-refractivity contribution in [1.82, 2.24) is 0 Å². The topological polar surface area (TPSA) is 35.5 Å². The Hall–Kier alpha value is -1.13. The molecule has 0 bridgehead atoms. The molecule has 1 heterocycles. The average Bonchev–Trinajstić information content (AvgIpc) is 2.44. The molecule has 1 saturated heterocycles. The number of carbonyl (C=O) groups is 1. The molecule has 0 spiro atoms. The van der Waals surface area contributed by atoms with E-state index >= 15 is 0 Å². The van der Waals surface area contributed by atoms with Crippen molar-refractivity contribution in [1.29, 1.82) is 0 Å². The zero-order valence-corrected chi connectivity index (χ0v) is 13.6. The Labute approximate surface area is 122 Å². The Morgan fingerprint density at radius 3 is 2.45 bits per heavy atom. The minimum Gasteiger partial charge on any atom is -0.469 e. The summed E-state index contributed by atoms with van der Waals surface area (Å²) in [6, 6.07) is 11.7. The van der Waals surface area contributed by atoms with Crippen molar-refractivity contribution in [2.75, 3.05) is 13.7 Å². The molecule has 0 N–H and O–H groups in total. The number of rotatable bonds is 6. The van der Waals surface area contributed by atoms with E-state index in [2.05, 4.69) is 35.5 Å². The molecule has 1 aliphatic heterocycles. The quantitative estimate of drug-likeness (QED) is 0.597. The Kier molecular flexibility index (Phi) is 4.99. The van der Waals surface area contributed by atoms with Gasteiger partial charge in [-0.25, -0.2) is 0 Å². The number of hydrogen-bond acceptors (Lipinski definition) is 3. The smallest absolute Gasteiger partial charge is 0.310 e. The molecule has 1 aliphatic rings. The van der Waals surface area contributed by atoms with Gasteiger partial charge in [0.2, 0.25) is 0 Å². The van der Waals surface area contributed by atoms with Crippen LogP contribution in [0.2, 0.25) is 18.6 Å². The summed E-state index contributed by atoms with van der Waals surface area (Å²) >= 11 is 0. The minimum absolute atomic E-state index is 0.208. The summed E-state index contributed by atoms with van der Waals surface area (Å²) in [5.74, 6) is -0.426. The number of esters is 1. The van der Waals surface area contributed by atoms with Crippen LogP contribution < -0.4 is 5.19 Å². The van der Waals surface area contributed by atoms with Gasteiger partial charge in [-0.1, -0.05) is 54.5 Å². The largest absolute Gasteiger partial charge is 0.469 e. The molecule has 0 radical (unpaired) electrons. The third-order valence-corrected chi connectivity index (χ3v) is 8.99. The molecule has 110 valence electrons. The van der Waals surface area contributed by atoms with E-state index in [-0.39, 0.29) is 11.9 Å².